The van der Waals surface area contributed by atoms with Gasteiger partial charge in [-0.2, -0.15) is 13.2 Å². The van der Waals surface area contributed by atoms with Crippen LogP contribution in [0.1, 0.15) is 30.0 Å². The van der Waals surface area contributed by atoms with Crippen LogP contribution in [-0.2, 0) is 9.59 Å². The average molecular weight is 403 g/mol. The van der Waals surface area contributed by atoms with Crippen LogP contribution in [0.3, 0.4) is 0 Å². The molecule has 0 aliphatic carbocycles. The van der Waals surface area contributed by atoms with Crippen LogP contribution in [0.5, 0.6) is 0 Å². The fraction of sp³-hybridized carbons (Fsp3) is 0.333. The number of alkyl halides is 3. The lowest BCUT2D eigenvalue weighted by Gasteiger charge is -2.36. The summed E-state index contributed by atoms with van der Waals surface area (Å²) in [4.78, 5) is 27.1. The Morgan fingerprint density at radius 3 is 2.10 bits per heavy atom. The monoisotopic (exact) mass is 403 g/mol. The number of halogens is 3. The van der Waals surface area contributed by atoms with Crippen molar-refractivity contribution in [3.63, 3.8) is 0 Å². The van der Waals surface area contributed by atoms with Crippen molar-refractivity contribution in [2.24, 2.45) is 5.92 Å². The number of nitrogens with one attached hydrogen (secondary N) is 2. The third-order valence-corrected chi connectivity index (χ3v) is 5.59. The van der Waals surface area contributed by atoms with Gasteiger partial charge in [-0.15, -0.1) is 0 Å². The van der Waals surface area contributed by atoms with E-state index in [-0.39, 0.29) is 12.8 Å². The molecule has 2 unspecified atom stereocenters. The summed E-state index contributed by atoms with van der Waals surface area (Å²) in [5, 5.41) is 4.83. The van der Waals surface area contributed by atoms with Gasteiger partial charge in [0.25, 0.3) is 0 Å². The van der Waals surface area contributed by atoms with Gasteiger partial charge in [0.1, 0.15) is 12.0 Å². The highest BCUT2D eigenvalue weighted by Crippen LogP contribution is 2.43. The number of anilines is 2. The van der Waals surface area contributed by atoms with Gasteiger partial charge < -0.3 is 15.5 Å². The maximum Gasteiger partial charge on any atom is 0.408 e. The Morgan fingerprint density at radius 2 is 1.59 bits per heavy atom. The van der Waals surface area contributed by atoms with E-state index in [9.17, 15) is 22.8 Å². The molecule has 2 heterocycles. The van der Waals surface area contributed by atoms with Crippen molar-refractivity contribution in [1.29, 1.82) is 0 Å². The number of hydrogen-bond donors (Lipinski definition) is 2. The molecule has 0 saturated carbocycles. The molecule has 0 aromatic heterocycles. The summed E-state index contributed by atoms with van der Waals surface area (Å²) < 4.78 is 38.6. The van der Waals surface area contributed by atoms with Gasteiger partial charge in [0.05, 0.1) is 6.04 Å². The summed E-state index contributed by atoms with van der Waals surface area (Å²) >= 11 is 0. The number of benzene rings is 2. The molecule has 2 amide bonds. The van der Waals surface area contributed by atoms with Crippen LogP contribution >= 0.6 is 0 Å². The maximum atomic E-state index is 12.9. The van der Waals surface area contributed by atoms with Crippen LogP contribution in [0.4, 0.5) is 24.5 Å². The van der Waals surface area contributed by atoms with Crippen LogP contribution in [-0.4, -0.2) is 31.1 Å². The summed E-state index contributed by atoms with van der Waals surface area (Å²) in [6.45, 7) is 0. The largest absolute Gasteiger partial charge is 0.408 e. The fourth-order valence-electron chi connectivity index (χ4n) is 4.07. The van der Waals surface area contributed by atoms with Gasteiger partial charge in [0, 0.05) is 29.5 Å². The second-order valence-electron chi connectivity index (χ2n) is 7.35. The lowest BCUT2D eigenvalue weighted by atomic mass is 9.88. The predicted molar refractivity (Wildman–Crippen MR) is 102 cm³/mol. The molecule has 2 aliphatic rings. The molecule has 2 atom stereocenters. The van der Waals surface area contributed by atoms with Crippen molar-refractivity contribution < 1.29 is 22.8 Å². The van der Waals surface area contributed by atoms with Gasteiger partial charge in [0.15, 0.2) is 0 Å². The zero-order valence-corrected chi connectivity index (χ0v) is 15.7. The van der Waals surface area contributed by atoms with E-state index in [0.717, 1.165) is 22.5 Å². The molecular weight excluding hydrogens is 383 g/mol. The standard InChI is InChI=1S/C21H20F3N3O2/c1-27-15-8-4-2-6-12(15)18(13-7-3-5-9-16(13)27)26-20(29)14-10-11-17(21(22,23)24)25-19(14)28/h2-9,14,17-18H,10-11H2,1H3,(H,25,28)(H,26,29). The van der Waals surface area contributed by atoms with E-state index in [1.165, 1.54) is 0 Å². The van der Waals surface area contributed by atoms with Gasteiger partial charge in [0.2, 0.25) is 11.8 Å². The number of piperidine rings is 1. The first-order chi connectivity index (χ1) is 13.8. The second-order valence-corrected chi connectivity index (χ2v) is 7.35. The molecule has 2 aromatic carbocycles. The van der Waals surface area contributed by atoms with Crippen LogP contribution < -0.4 is 15.5 Å². The lowest BCUT2D eigenvalue weighted by Crippen LogP contribution is -2.54. The molecule has 1 saturated heterocycles. The second kappa shape index (κ2) is 7.09. The minimum absolute atomic E-state index is 0.141. The number of para-hydroxylation sites is 2. The summed E-state index contributed by atoms with van der Waals surface area (Å²) in [6.07, 6.45) is -4.96. The Balaban J connectivity index is 1.60. The van der Waals surface area contributed by atoms with Crippen molar-refractivity contribution in [2.75, 3.05) is 11.9 Å². The first-order valence-corrected chi connectivity index (χ1v) is 9.36. The quantitative estimate of drug-likeness (QED) is 0.756. The Kier molecular flexibility index (Phi) is 4.72. The molecule has 0 radical (unpaired) electrons. The SMILES string of the molecule is CN1c2ccccc2C(NC(=O)C2CCC(C(F)(F)F)NC2=O)c2ccccc21. The minimum Gasteiger partial charge on any atom is -0.344 e. The topological polar surface area (TPSA) is 61.4 Å². The Labute approximate surface area is 165 Å². The number of nitrogens with zero attached hydrogens (tertiary/aromatic N) is 1. The van der Waals surface area contributed by atoms with E-state index in [1.54, 1.807) is 0 Å². The fourth-order valence-corrected chi connectivity index (χ4v) is 4.07. The minimum atomic E-state index is -4.51. The highest BCUT2D eigenvalue weighted by Gasteiger charge is 2.46. The van der Waals surface area contributed by atoms with Crippen LogP contribution in [0, 0.1) is 5.92 Å². The van der Waals surface area contributed by atoms with Crippen molar-refractivity contribution >= 4 is 23.2 Å². The number of amides is 2. The van der Waals surface area contributed by atoms with Crippen LogP contribution in [0.25, 0.3) is 0 Å². The summed E-state index contributed by atoms with van der Waals surface area (Å²) in [7, 11) is 1.93. The van der Waals surface area contributed by atoms with Gasteiger partial charge in [-0.3, -0.25) is 9.59 Å². The van der Waals surface area contributed by atoms with E-state index in [4.69, 9.17) is 0 Å². The molecule has 152 valence electrons. The molecule has 2 aromatic rings. The highest BCUT2D eigenvalue weighted by atomic mass is 19.4. The zero-order valence-electron chi connectivity index (χ0n) is 15.7. The molecule has 0 spiro atoms. The molecule has 8 heteroatoms. The highest BCUT2D eigenvalue weighted by molar-refractivity contribution is 6.01. The average Bonchev–Trinajstić information content (AvgIpc) is 2.70. The molecule has 2 aliphatic heterocycles. The molecule has 5 nitrogen and oxygen atoms in total. The summed E-state index contributed by atoms with van der Waals surface area (Å²) in [5.41, 5.74) is 3.57. The molecule has 4 rings (SSSR count). The number of fused-ring (bicyclic) bond motifs is 2. The van der Waals surface area contributed by atoms with Gasteiger partial charge in [-0.25, -0.2) is 0 Å². The van der Waals surface area contributed by atoms with Crippen LogP contribution in [0.15, 0.2) is 48.5 Å². The summed E-state index contributed by atoms with van der Waals surface area (Å²) in [6, 6.07) is 12.8. The van der Waals surface area contributed by atoms with Crippen molar-refractivity contribution in [3.8, 4) is 0 Å². The normalized spacial score (nSPS) is 21.8. The van der Waals surface area contributed by atoms with E-state index in [1.807, 2.05) is 65.8 Å². The molecule has 2 N–H and O–H groups in total. The molecule has 29 heavy (non-hydrogen) atoms. The van der Waals surface area contributed by atoms with Crippen molar-refractivity contribution in [1.82, 2.24) is 10.6 Å². The molecule has 0 bridgehead atoms. The number of rotatable bonds is 2. The zero-order chi connectivity index (χ0) is 20.8. The number of carbonyl (C=O) groups is 2. The van der Waals surface area contributed by atoms with E-state index in [0.29, 0.717) is 0 Å². The molecule has 1 fully saturated rings. The summed E-state index contributed by atoms with van der Waals surface area (Å²) in [5.74, 6) is -2.60. The number of carbonyl (C=O) groups excluding carboxylic acids is 2. The lowest BCUT2D eigenvalue weighted by molar-refractivity contribution is -0.171. The van der Waals surface area contributed by atoms with Crippen molar-refractivity contribution in [2.45, 2.75) is 31.1 Å². The smallest absolute Gasteiger partial charge is 0.344 e. The first-order valence-electron chi connectivity index (χ1n) is 9.36. The van der Waals surface area contributed by atoms with Gasteiger partial charge >= 0.3 is 6.18 Å². The third kappa shape index (κ3) is 3.43. The number of hydrogen-bond acceptors (Lipinski definition) is 3. The predicted octanol–water partition coefficient (Wildman–Crippen LogP) is 3.43. The van der Waals surface area contributed by atoms with Gasteiger partial charge in [-0.05, 0) is 25.0 Å². The Bertz CT molecular complexity index is 913. The molecular formula is C21H20F3N3O2. The van der Waals surface area contributed by atoms with E-state index >= 15 is 0 Å². The third-order valence-electron chi connectivity index (χ3n) is 5.59. The van der Waals surface area contributed by atoms with Gasteiger partial charge in [-0.1, -0.05) is 36.4 Å². The first kappa shape index (κ1) is 19.3. The van der Waals surface area contributed by atoms with E-state index in [2.05, 4.69) is 5.32 Å². The van der Waals surface area contributed by atoms with Crippen molar-refractivity contribution in [3.05, 3.63) is 59.7 Å². The van der Waals surface area contributed by atoms with Crippen LogP contribution in [0.2, 0.25) is 0 Å². The Hall–Kier alpha value is -3.03. The maximum absolute atomic E-state index is 12.9. The Morgan fingerprint density at radius 1 is 1.03 bits per heavy atom. The van der Waals surface area contributed by atoms with E-state index < -0.39 is 36.0 Å².